The molecule has 3 heterocycles. The first-order valence-corrected chi connectivity index (χ1v) is 12.6. The quantitative estimate of drug-likeness (QED) is 0.411. The lowest BCUT2D eigenvalue weighted by molar-refractivity contribution is -0.844. The van der Waals surface area contributed by atoms with Crippen molar-refractivity contribution >= 4 is 35.0 Å². The van der Waals surface area contributed by atoms with Crippen molar-refractivity contribution in [2.75, 3.05) is 33.2 Å². The Morgan fingerprint density at radius 2 is 1.89 bits per heavy atom. The molecule has 0 spiro atoms. The Hall–Kier alpha value is -2.70. The fourth-order valence-electron chi connectivity index (χ4n) is 4.99. The number of amides is 3. The van der Waals surface area contributed by atoms with Crippen LogP contribution in [-0.4, -0.2) is 93.5 Å². The summed E-state index contributed by atoms with van der Waals surface area (Å²) >= 11 is 6.55. The van der Waals surface area contributed by atoms with Gasteiger partial charge in [0.05, 0.1) is 6.54 Å². The second kappa shape index (κ2) is 9.88. The van der Waals surface area contributed by atoms with Crippen LogP contribution in [0.4, 0.5) is 13.2 Å². The molecule has 2 saturated heterocycles. The second-order valence-electron chi connectivity index (χ2n) is 9.88. The van der Waals surface area contributed by atoms with Crippen LogP contribution >= 0.6 is 11.6 Å². The molecular formula is C24H30ClF3N5O4+. The van der Waals surface area contributed by atoms with E-state index in [0.717, 1.165) is 18.4 Å². The molecule has 2 atom stereocenters. The van der Waals surface area contributed by atoms with E-state index in [-0.39, 0.29) is 55.0 Å². The van der Waals surface area contributed by atoms with Gasteiger partial charge in [-0.3, -0.25) is 19.6 Å². The van der Waals surface area contributed by atoms with E-state index in [4.69, 9.17) is 11.6 Å². The SMILES string of the molecule is C=C(C(F)(F)F)[N+]1(C)N=C(C(=O)N2CCN(C3CCN(O)C(=O)C3)C(=O)C2)C(Cl)=C1C=C(CC)C1CC1. The molecule has 0 bridgehead atoms. The van der Waals surface area contributed by atoms with Gasteiger partial charge >= 0.3 is 6.18 Å². The molecule has 0 aromatic carbocycles. The zero-order valence-corrected chi connectivity index (χ0v) is 21.5. The molecule has 4 rings (SSSR count). The number of hydrogen-bond donors (Lipinski definition) is 1. The molecule has 3 fully saturated rings. The van der Waals surface area contributed by atoms with Crippen molar-refractivity contribution in [1.82, 2.24) is 14.9 Å². The molecule has 2 unspecified atom stereocenters. The molecule has 202 valence electrons. The van der Waals surface area contributed by atoms with Crippen LogP contribution in [0, 0.1) is 5.92 Å². The molecule has 0 aromatic heterocycles. The van der Waals surface area contributed by atoms with E-state index < -0.39 is 40.2 Å². The fourth-order valence-corrected chi connectivity index (χ4v) is 5.33. The Labute approximate surface area is 217 Å². The van der Waals surface area contributed by atoms with Gasteiger partial charge in [-0.1, -0.05) is 29.2 Å². The van der Waals surface area contributed by atoms with Crippen LogP contribution in [0.3, 0.4) is 0 Å². The van der Waals surface area contributed by atoms with Crippen molar-refractivity contribution in [2.45, 2.75) is 51.2 Å². The van der Waals surface area contributed by atoms with E-state index in [1.165, 1.54) is 16.8 Å². The van der Waals surface area contributed by atoms with Crippen LogP contribution in [0.25, 0.3) is 0 Å². The van der Waals surface area contributed by atoms with Gasteiger partial charge in [-0.25, -0.2) is 5.06 Å². The molecule has 1 N–H and O–H groups in total. The molecular weight excluding hydrogens is 515 g/mol. The van der Waals surface area contributed by atoms with E-state index in [1.54, 1.807) is 6.08 Å². The first-order valence-electron chi connectivity index (χ1n) is 12.2. The van der Waals surface area contributed by atoms with E-state index in [2.05, 4.69) is 11.7 Å². The van der Waals surface area contributed by atoms with Crippen molar-refractivity contribution in [3.05, 3.63) is 34.7 Å². The summed E-state index contributed by atoms with van der Waals surface area (Å²) in [6, 6.07) is -0.394. The molecule has 13 heteroatoms. The molecule has 9 nitrogen and oxygen atoms in total. The Balaban J connectivity index is 1.59. The van der Waals surface area contributed by atoms with Gasteiger partial charge < -0.3 is 9.80 Å². The number of halogens is 4. The summed E-state index contributed by atoms with van der Waals surface area (Å²) in [6.45, 7) is 5.15. The summed E-state index contributed by atoms with van der Waals surface area (Å²) in [7, 11) is 1.19. The van der Waals surface area contributed by atoms with Crippen molar-refractivity contribution < 1.29 is 37.4 Å². The third-order valence-electron chi connectivity index (χ3n) is 7.45. The fraction of sp³-hybridized carbons (Fsp3) is 0.583. The highest BCUT2D eigenvalue weighted by atomic mass is 35.5. The minimum atomic E-state index is -4.79. The Morgan fingerprint density at radius 1 is 1.22 bits per heavy atom. The molecule has 1 saturated carbocycles. The molecule has 0 radical (unpaired) electrons. The lowest BCUT2D eigenvalue weighted by Gasteiger charge is -2.41. The molecule has 3 amide bonds. The van der Waals surface area contributed by atoms with Gasteiger partial charge in [0.15, 0.2) is 5.70 Å². The average molecular weight is 545 g/mol. The predicted molar refractivity (Wildman–Crippen MR) is 128 cm³/mol. The van der Waals surface area contributed by atoms with E-state index in [0.29, 0.717) is 17.9 Å². The predicted octanol–water partition coefficient (Wildman–Crippen LogP) is 3.13. The lowest BCUT2D eigenvalue weighted by atomic mass is 10.0. The number of nitrogens with zero attached hydrogens (tertiary/aromatic N) is 5. The summed E-state index contributed by atoms with van der Waals surface area (Å²) < 4.78 is 40.2. The standard InChI is InChI=1S/C24H30ClF3N5O4/c1-4-15(16-5-6-16)11-18-21(25)22(29-33(18,3)14(2)24(26,27)28)23(36)30-9-10-31(20(35)13-30)17-7-8-32(37)19(34)12-17/h11,16-17,37H,2,4-10,12-13H2,1,3H3/q+1. The van der Waals surface area contributed by atoms with Gasteiger partial charge in [-0.2, -0.15) is 13.2 Å². The molecule has 3 aliphatic heterocycles. The van der Waals surface area contributed by atoms with Gasteiger partial charge in [0.2, 0.25) is 23.2 Å². The Morgan fingerprint density at radius 3 is 2.43 bits per heavy atom. The van der Waals surface area contributed by atoms with E-state index in [9.17, 15) is 32.8 Å². The summed E-state index contributed by atoms with van der Waals surface area (Å²) in [5.74, 6) is -1.36. The van der Waals surface area contributed by atoms with Gasteiger partial charge in [0, 0.05) is 31.6 Å². The number of piperazine rings is 1. The normalized spacial score (nSPS) is 27.8. The highest BCUT2D eigenvalue weighted by Gasteiger charge is 2.54. The third-order valence-corrected chi connectivity index (χ3v) is 7.82. The monoisotopic (exact) mass is 544 g/mol. The number of quaternary nitrogens is 1. The summed E-state index contributed by atoms with van der Waals surface area (Å²) in [6.07, 6.45) is -0.310. The van der Waals surface area contributed by atoms with E-state index >= 15 is 0 Å². The highest BCUT2D eigenvalue weighted by molar-refractivity contribution is 6.59. The van der Waals surface area contributed by atoms with Gasteiger partial charge in [-0.05, 0) is 38.2 Å². The number of carbonyl (C=O) groups is 3. The number of carbonyl (C=O) groups excluding carboxylic acids is 3. The second-order valence-corrected chi connectivity index (χ2v) is 10.3. The first-order chi connectivity index (χ1) is 17.3. The van der Waals surface area contributed by atoms with Crippen LogP contribution in [0.2, 0.25) is 0 Å². The topological polar surface area (TPSA) is 93.5 Å². The van der Waals surface area contributed by atoms with Crippen molar-refractivity contribution in [3.63, 3.8) is 0 Å². The molecule has 1 aliphatic carbocycles. The molecule has 4 aliphatic rings. The maximum atomic E-state index is 13.8. The zero-order chi connectivity index (χ0) is 27.3. The third kappa shape index (κ3) is 5.19. The van der Waals surface area contributed by atoms with Crippen LogP contribution < -0.4 is 0 Å². The molecule has 0 aromatic rings. The number of rotatable bonds is 6. The number of alkyl halides is 3. The largest absolute Gasteiger partial charge is 0.469 e. The molecule has 37 heavy (non-hydrogen) atoms. The number of hydroxylamine groups is 2. The zero-order valence-electron chi connectivity index (χ0n) is 20.7. The highest BCUT2D eigenvalue weighted by Crippen LogP contribution is 2.45. The maximum Gasteiger partial charge on any atom is 0.469 e. The van der Waals surface area contributed by atoms with Crippen LogP contribution in [0.1, 0.15) is 39.0 Å². The smallest absolute Gasteiger partial charge is 0.336 e. The first kappa shape index (κ1) is 27.3. The van der Waals surface area contributed by atoms with Gasteiger partial charge in [0.25, 0.3) is 5.91 Å². The van der Waals surface area contributed by atoms with Crippen molar-refractivity contribution in [1.29, 1.82) is 0 Å². The van der Waals surface area contributed by atoms with Crippen molar-refractivity contribution in [3.8, 4) is 0 Å². The summed E-state index contributed by atoms with van der Waals surface area (Å²) in [4.78, 5) is 40.8. The minimum Gasteiger partial charge on any atom is -0.336 e. The number of piperidine rings is 1. The summed E-state index contributed by atoms with van der Waals surface area (Å²) in [5, 5.41) is 14.1. The summed E-state index contributed by atoms with van der Waals surface area (Å²) in [5.41, 5.74) is -0.581. The van der Waals surface area contributed by atoms with Gasteiger partial charge in [-0.15, -0.1) is 4.59 Å². The maximum absolute atomic E-state index is 13.8. The van der Waals surface area contributed by atoms with Crippen LogP contribution in [-0.2, 0) is 14.4 Å². The van der Waals surface area contributed by atoms with Gasteiger partial charge in [0.1, 0.15) is 18.6 Å². The Bertz CT molecular complexity index is 1130. The minimum absolute atomic E-state index is 0.0235. The van der Waals surface area contributed by atoms with E-state index in [1.807, 2.05) is 6.92 Å². The number of allylic oxidation sites excluding steroid dienone is 3. The average Bonchev–Trinajstić information content (AvgIpc) is 3.64. The number of hydrogen-bond acceptors (Lipinski definition) is 5. The lowest BCUT2D eigenvalue weighted by Crippen LogP contribution is -2.58. The van der Waals surface area contributed by atoms with Crippen LogP contribution in [0.5, 0.6) is 0 Å². The Kier molecular flexibility index (Phi) is 7.30. The van der Waals surface area contributed by atoms with Crippen molar-refractivity contribution in [2.24, 2.45) is 11.0 Å². The van der Waals surface area contributed by atoms with Crippen LogP contribution in [0.15, 0.2) is 39.8 Å². The number of likely N-dealkylation sites (N-methyl/N-ethyl adjacent to an activating group) is 1.